The number of nitrogens with two attached hydrogens (primary N) is 1. The average molecular weight is 1190 g/mol. The van der Waals surface area contributed by atoms with E-state index in [0.29, 0.717) is 6.42 Å². The molecule has 0 heterocycles. The van der Waals surface area contributed by atoms with Gasteiger partial charge in [-0.15, -0.1) is 0 Å². The van der Waals surface area contributed by atoms with Crippen LogP contribution in [0.2, 0.25) is 0 Å². The molecule has 0 aliphatic rings. The van der Waals surface area contributed by atoms with E-state index < -0.39 is 26.5 Å². The first kappa shape index (κ1) is 81.0. The van der Waals surface area contributed by atoms with E-state index in [1.165, 1.54) is 295 Å². The molecule has 0 rings (SSSR count). The Morgan fingerprint density at radius 2 is 0.627 bits per heavy atom. The quantitative estimate of drug-likeness (QED) is 0.0264. The summed E-state index contributed by atoms with van der Waals surface area (Å²) in [7, 11) is -4.39. The molecule has 2 unspecified atom stereocenters. The van der Waals surface area contributed by atoms with E-state index in [0.717, 1.165) is 44.9 Å². The topological polar surface area (TPSA) is 134 Å². The Morgan fingerprint density at radius 3 is 0.940 bits per heavy atom. The zero-order chi connectivity index (χ0) is 60.1. The van der Waals surface area contributed by atoms with Crippen molar-refractivity contribution in [2.24, 2.45) is 5.73 Å². The molecule has 10 heteroatoms. The van der Waals surface area contributed by atoms with Crippen molar-refractivity contribution in [1.29, 1.82) is 0 Å². The molecule has 2 atom stereocenters. The Labute approximate surface area is 515 Å². The highest BCUT2D eigenvalue weighted by atomic mass is 31.2. The molecule has 0 aromatic rings. The number of hydrogen-bond donors (Lipinski definition) is 2. The summed E-state index contributed by atoms with van der Waals surface area (Å²) in [4.78, 5) is 35.4. The first-order valence-corrected chi connectivity index (χ1v) is 37.6. The smallest absolute Gasteiger partial charge is 0.462 e. The van der Waals surface area contributed by atoms with Crippen LogP contribution < -0.4 is 5.73 Å². The summed E-state index contributed by atoms with van der Waals surface area (Å²) < 4.78 is 33.2. The van der Waals surface area contributed by atoms with Crippen molar-refractivity contribution < 1.29 is 37.6 Å². The molecular weight excluding hydrogens is 1050 g/mol. The number of phosphoric acid groups is 1. The van der Waals surface area contributed by atoms with Crippen molar-refractivity contribution in [3.63, 3.8) is 0 Å². The Bertz CT molecular complexity index is 1500. The van der Waals surface area contributed by atoms with Crippen LogP contribution in [-0.2, 0) is 32.7 Å². The van der Waals surface area contributed by atoms with E-state index in [2.05, 4.69) is 62.5 Å². The molecule has 0 saturated heterocycles. The molecule has 9 nitrogen and oxygen atoms in total. The molecule has 0 bridgehead atoms. The largest absolute Gasteiger partial charge is 0.472 e. The van der Waals surface area contributed by atoms with Gasteiger partial charge in [-0.1, -0.05) is 332 Å². The van der Waals surface area contributed by atoms with Crippen molar-refractivity contribution in [2.75, 3.05) is 26.4 Å². The van der Waals surface area contributed by atoms with Crippen LogP contribution in [0.3, 0.4) is 0 Å². The highest BCUT2D eigenvalue weighted by Gasteiger charge is 2.26. The highest BCUT2D eigenvalue weighted by Crippen LogP contribution is 2.43. The zero-order valence-electron chi connectivity index (χ0n) is 55.0. The minimum Gasteiger partial charge on any atom is -0.462 e. The van der Waals surface area contributed by atoms with Gasteiger partial charge in [0, 0.05) is 19.4 Å². The van der Waals surface area contributed by atoms with E-state index in [1.54, 1.807) is 0 Å². The summed E-state index contributed by atoms with van der Waals surface area (Å²) in [5.41, 5.74) is 5.41. The normalized spacial score (nSPS) is 13.2. The fourth-order valence-corrected chi connectivity index (χ4v) is 11.6. The summed E-state index contributed by atoms with van der Waals surface area (Å²) in [6.07, 6.45) is 87.9. The van der Waals surface area contributed by atoms with E-state index in [9.17, 15) is 19.0 Å². The minimum atomic E-state index is -4.39. The van der Waals surface area contributed by atoms with Crippen LogP contribution in [0, 0.1) is 0 Å². The maximum atomic E-state index is 12.8. The van der Waals surface area contributed by atoms with Crippen molar-refractivity contribution in [3.05, 3.63) is 48.6 Å². The van der Waals surface area contributed by atoms with Crippen LogP contribution in [-0.4, -0.2) is 49.3 Å². The molecule has 0 aromatic carbocycles. The van der Waals surface area contributed by atoms with Gasteiger partial charge in [-0.2, -0.15) is 0 Å². The third kappa shape index (κ3) is 68.9. The van der Waals surface area contributed by atoms with Gasteiger partial charge in [-0.25, -0.2) is 4.57 Å². The van der Waals surface area contributed by atoms with Gasteiger partial charge >= 0.3 is 19.8 Å². The molecule has 0 amide bonds. The fraction of sp³-hybridized carbons (Fsp3) is 0.863. The lowest BCUT2D eigenvalue weighted by molar-refractivity contribution is -0.161. The maximum absolute atomic E-state index is 12.8. The Kier molecular flexibility index (Phi) is 67.4. The lowest BCUT2D eigenvalue weighted by Crippen LogP contribution is -2.29. The van der Waals surface area contributed by atoms with Gasteiger partial charge in [0.1, 0.15) is 6.61 Å². The first-order valence-electron chi connectivity index (χ1n) is 36.1. The predicted molar refractivity (Wildman–Crippen MR) is 358 cm³/mol. The fourth-order valence-electron chi connectivity index (χ4n) is 10.8. The van der Waals surface area contributed by atoms with Gasteiger partial charge in [0.15, 0.2) is 6.10 Å². The van der Waals surface area contributed by atoms with Crippen molar-refractivity contribution in [1.82, 2.24) is 0 Å². The highest BCUT2D eigenvalue weighted by molar-refractivity contribution is 7.47. The number of carbonyl (C=O) groups excluding carboxylic acids is 2. The average Bonchev–Trinajstić information content (AvgIpc) is 3.49. The van der Waals surface area contributed by atoms with Crippen molar-refractivity contribution in [3.8, 4) is 0 Å². The lowest BCUT2D eigenvalue weighted by Gasteiger charge is -2.19. The standard InChI is InChI=1S/C73H138NO8P/c1-3-5-7-9-11-13-15-17-19-21-23-25-27-29-31-33-34-35-36-38-40-42-44-46-48-50-52-54-56-58-60-62-64-66-73(76)82-71(70-81-83(77,78)80-68-67-74)69-79-72(75)65-63-61-59-57-55-53-51-49-47-45-43-41-39-37-32-30-28-26-24-22-20-18-16-14-12-10-8-6-4-2/h15,17,21-24,27,29,71H,3-14,16,18-20,25-26,28,30-70,74H2,1-2H3,(H,77,78)/b17-15-,23-21-,24-22-,29-27-. The van der Waals surface area contributed by atoms with Crippen LogP contribution >= 0.6 is 7.82 Å². The molecule has 3 N–H and O–H groups in total. The lowest BCUT2D eigenvalue weighted by atomic mass is 10.0. The Balaban J connectivity index is 3.82. The van der Waals surface area contributed by atoms with E-state index in [1.807, 2.05) is 0 Å². The number of rotatable bonds is 69. The number of phosphoric ester groups is 1. The number of esters is 2. The van der Waals surface area contributed by atoms with E-state index in [4.69, 9.17) is 24.3 Å². The minimum absolute atomic E-state index is 0.0551. The number of ether oxygens (including phenoxy) is 2. The third-order valence-corrected chi connectivity index (χ3v) is 17.2. The summed E-state index contributed by atoms with van der Waals surface area (Å²) >= 11 is 0. The second-order valence-corrected chi connectivity index (χ2v) is 25.9. The van der Waals surface area contributed by atoms with Gasteiger partial charge in [0.25, 0.3) is 0 Å². The second kappa shape index (κ2) is 69.1. The summed E-state index contributed by atoms with van der Waals surface area (Å²) in [6.45, 7) is 3.80. The van der Waals surface area contributed by atoms with E-state index in [-0.39, 0.29) is 38.6 Å². The molecule has 0 saturated carbocycles. The summed E-state index contributed by atoms with van der Waals surface area (Å²) in [5, 5.41) is 0. The summed E-state index contributed by atoms with van der Waals surface area (Å²) in [6, 6.07) is 0. The molecule has 0 radical (unpaired) electrons. The molecular formula is C73H138NO8P. The van der Waals surface area contributed by atoms with Crippen molar-refractivity contribution in [2.45, 2.75) is 380 Å². The van der Waals surface area contributed by atoms with Crippen LogP contribution in [0.4, 0.5) is 0 Å². The maximum Gasteiger partial charge on any atom is 0.472 e. The van der Waals surface area contributed by atoms with Crippen LogP contribution in [0.25, 0.3) is 0 Å². The van der Waals surface area contributed by atoms with Gasteiger partial charge in [-0.3, -0.25) is 18.6 Å². The van der Waals surface area contributed by atoms with Crippen molar-refractivity contribution >= 4 is 19.8 Å². The molecule has 0 aliphatic heterocycles. The molecule has 0 aromatic heterocycles. The third-order valence-electron chi connectivity index (χ3n) is 16.2. The predicted octanol–water partition coefficient (Wildman–Crippen LogP) is 23.6. The van der Waals surface area contributed by atoms with Gasteiger partial charge in [0.2, 0.25) is 0 Å². The Hall–Kier alpha value is -2.03. The summed E-state index contributed by atoms with van der Waals surface area (Å²) in [5.74, 6) is -0.807. The number of unbranched alkanes of at least 4 members (excludes halogenated alkanes) is 48. The van der Waals surface area contributed by atoms with Crippen LogP contribution in [0.1, 0.15) is 373 Å². The first-order chi connectivity index (χ1) is 40.8. The Morgan fingerprint density at radius 1 is 0.361 bits per heavy atom. The molecule has 0 fully saturated rings. The van der Waals surface area contributed by atoms with E-state index >= 15 is 0 Å². The zero-order valence-corrected chi connectivity index (χ0v) is 55.8. The SMILES string of the molecule is CCCCCCC/C=C\C/C=C\C/C=C\CCCCCCCCCCCCCCCCCCCCC(=O)OC(COC(=O)CCCCCCCCCCCCCCCCCCC/C=C\CCCCCCCCCC)COP(=O)(O)OCCN. The van der Waals surface area contributed by atoms with Gasteiger partial charge in [0.05, 0.1) is 13.2 Å². The second-order valence-electron chi connectivity index (χ2n) is 24.5. The van der Waals surface area contributed by atoms with Gasteiger partial charge < -0.3 is 20.1 Å². The monoisotopic (exact) mass is 1190 g/mol. The number of carbonyl (C=O) groups is 2. The molecule has 488 valence electrons. The van der Waals surface area contributed by atoms with Gasteiger partial charge in [-0.05, 0) is 77.0 Å². The van der Waals surface area contributed by atoms with Crippen LogP contribution in [0.15, 0.2) is 48.6 Å². The number of allylic oxidation sites excluding steroid dienone is 8. The number of hydrogen-bond acceptors (Lipinski definition) is 8. The molecule has 83 heavy (non-hydrogen) atoms. The molecule has 0 spiro atoms. The molecule has 0 aliphatic carbocycles. The van der Waals surface area contributed by atoms with Crippen LogP contribution in [0.5, 0.6) is 0 Å².